The van der Waals surface area contributed by atoms with Crippen LogP contribution in [0.2, 0.25) is 0 Å². The van der Waals surface area contributed by atoms with Gasteiger partial charge in [-0.05, 0) is 26.5 Å². The van der Waals surface area contributed by atoms with Crippen LogP contribution in [0.1, 0.15) is 36.7 Å². The van der Waals surface area contributed by atoms with Crippen LogP contribution in [0.4, 0.5) is 0 Å². The van der Waals surface area contributed by atoms with Crippen molar-refractivity contribution in [3.8, 4) is 0 Å². The van der Waals surface area contributed by atoms with Crippen LogP contribution in [0, 0.1) is 0 Å². The summed E-state index contributed by atoms with van der Waals surface area (Å²) in [7, 11) is 2.13. The first-order valence-corrected chi connectivity index (χ1v) is 8.36. The molecule has 0 aliphatic carbocycles. The van der Waals surface area contributed by atoms with Gasteiger partial charge in [-0.25, -0.2) is 4.98 Å². The molecule has 0 saturated carbocycles. The van der Waals surface area contributed by atoms with Crippen molar-refractivity contribution in [1.29, 1.82) is 0 Å². The van der Waals surface area contributed by atoms with Gasteiger partial charge in [0.2, 0.25) is 0 Å². The molecule has 2 heterocycles. The first-order valence-electron chi connectivity index (χ1n) is 8.36. The maximum absolute atomic E-state index is 4.41. The zero-order chi connectivity index (χ0) is 16.9. The minimum absolute atomic E-state index is 0.399. The Morgan fingerprint density at radius 1 is 1.04 bits per heavy atom. The van der Waals surface area contributed by atoms with E-state index in [2.05, 4.69) is 70.9 Å². The highest BCUT2D eigenvalue weighted by Crippen LogP contribution is 2.11. The fourth-order valence-corrected chi connectivity index (χ4v) is 2.79. The van der Waals surface area contributed by atoms with Gasteiger partial charge in [0, 0.05) is 43.6 Å². The van der Waals surface area contributed by atoms with Crippen molar-refractivity contribution in [2.24, 2.45) is 0 Å². The average Bonchev–Trinajstić information content (AvgIpc) is 3.18. The second kappa shape index (κ2) is 7.45. The van der Waals surface area contributed by atoms with Crippen LogP contribution in [0.15, 0.2) is 55.2 Å². The van der Waals surface area contributed by atoms with E-state index in [1.807, 2.05) is 29.5 Å². The lowest BCUT2D eigenvalue weighted by molar-refractivity contribution is 0.310. The van der Waals surface area contributed by atoms with Gasteiger partial charge < -0.3 is 4.57 Å². The van der Waals surface area contributed by atoms with Crippen LogP contribution in [0.3, 0.4) is 0 Å². The summed E-state index contributed by atoms with van der Waals surface area (Å²) in [6.45, 7) is 6.88. The molecule has 0 aliphatic rings. The highest BCUT2D eigenvalue weighted by atomic mass is 15.3. The van der Waals surface area contributed by atoms with Crippen molar-refractivity contribution in [3.63, 3.8) is 0 Å². The van der Waals surface area contributed by atoms with Gasteiger partial charge in [-0.2, -0.15) is 5.10 Å². The Morgan fingerprint density at radius 3 is 2.54 bits per heavy atom. The molecule has 24 heavy (non-hydrogen) atoms. The number of rotatable bonds is 7. The van der Waals surface area contributed by atoms with Crippen LogP contribution in [0.25, 0.3) is 0 Å². The second-order valence-electron chi connectivity index (χ2n) is 6.59. The predicted molar refractivity (Wildman–Crippen MR) is 95.6 cm³/mol. The smallest absolute Gasteiger partial charge is 0.0951 e. The third-order valence-electron chi connectivity index (χ3n) is 4.06. The first kappa shape index (κ1) is 16.5. The van der Waals surface area contributed by atoms with Gasteiger partial charge in [-0.1, -0.05) is 30.3 Å². The number of aromatic nitrogens is 4. The molecule has 0 radical (unpaired) electrons. The molecule has 0 saturated heterocycles. The van der Waals surface area contributed by atoms with Gasteiger partial charge in [0.25, 0.3) is 0 Å². The van der Waals surface area contributed by atoms with Crippen LogP contribution in [-0.4, -0.2) is 31.3 Å². The molecule has 0 aliphatic heterocycles. The summed E-state index contributed by atoms with van der Waals surface area (Å²) >= 11 is 0. The van der Waals surface area contributed by atoms with Crippen molar-refractivity contribution in [1.82, 2.24) is 24.2 Å². The summed E-state index contributed by atoms with van der Waals surface area (Å²) < 4.78 is 4.21. The standard InChI is InChI=1S/C19H25N5/c1-16(2)24-13-18(9-21-24)11-22(3)14-19-10-20-15-23(19)12-17-7-5-4-6-8-17/h4-10,13,15-16H,11-12,14H2,1-3H3. The Balaban J connectivity index is 1.62. The van der Waals surface area contributed by atoms with E-state index in [1.165, 1.54) is 16.8 Å². The van der Waals surface area contributed by atoms with Gasteiger partial charge in [-0.15, -0.1) is 0 Å². The van der Waals surface area contributed by atoms with Gasteiger partial charge in [0.15, 0.2) is 0 Å². The molecule has 2 aromatic heterocycles. The molecule has 0 fully saturated rings. The SMILES string of the molecule is CC(C)n1cc(CN(C)Cc2cncn2Cc2ccccc2)cn1. The Hall–Kier alpha value is -2.40. The van der Waals surface area contributed by atoms with Crippen LogP contribution in [0.5, 0.6) is 0 Å². The molecular formula is C19H25N5. The largest absolute Gasteiger partial charge is 0.329 e. The molecule has 0 unspecified atom stereocenters. The lowest BCUT2D eigenvalue weighted by Gasteiger charge is -2.17. The quantitative estimate of drug-likeness (QED) is 0.669. The van der Waals surface area contributed by atoms with Gasteiger partial charge in [0.05, 0.1) is 18.2 Å². The van der Waals surface area contributed by atoms with E-state index in [0.717, 1.165) is 19.6 Å². The molecule has 3 aromatic rings. The second-order valence-corrected chi connectivity index (χ2v) is 6.59. The molecule has 0 N–H and O–H groups in total. The fraction of sp³-hybridized carbons (Fsp3) is 0.368. The molecule has 5 heteroatoms. The van der Waals surface area contributed by atoms with Crippen molar-refractivity contribution in [3.05, 3.63) is 72.1 Å². The molecule has 126 valence electrons. The Bertz CT molecular complexity index is 757. The number of hydrogen-bond acceptors (Lipinski definition) is 3. The Labute approximate surface area is 143 Å². The zero-order valence-electron chi connectivity index (χ0n) is 14.6. The minimum atomic E-state index is 0.399. The highest BCUT2D eigenvalue weighted by molar-refractivity contribution is 5.16. The summed E-state index contributed by atoms with van der Waals surface area (Å²) in [6.07, 6.45) is 7.95. The maximum atomic E-state index is 4.41. The first-order chi connectivity index (χ1) is 11.6. The van der Waals surface area contributed by atoms with Crippen molar-refractivity contribution in [2.45, 2.75) is 39.5 Å². The predicted octanol–water partition coefficient (Wildman–Crippen LogP) is 3.34. The molecule has 3 rings (SSSR count). The summed E-state index contributed by atoms with van der Waals surface area (Å²) in [4.78, 5) is 6.62. The Kier molecular flexibility index (Phi) is 5.11. The minimum Gasteiger partial charge on any atom is -0.329 e. The Morgan fingerprint density at radius 2 is 1.83 bits per heavy atom. The topological polar surface area (TPSA) is 38.9 Å². The average molecular weight is 323 g/mol. The van der Waals surface area contributed by atoms with Crippen LogP contribution in [-0.2, 0) is 19.6 Å². The van der Waals surface area contributed by atoms with Gasteiger partial charge >= 0.3 is 0 Å². The number of benzene rings is 1. The fourth-order valence-electron chi connectivity index (χ4n) is 2.79. The van der Waals surface area contributed by atoms with E-state index < -0.39 is 0 Å². The van der Waals surface area contributed by atoms with E-state index in [-0.39, 0.29) is 0 Å². The van der Waals surface area contributed by atoms with E-state index in [0.29, 0.717) is 6.04 Å². The highest BCUT2D eigenvalue weighted by Gasteiger charge is 2.09. The van der Waals surface area contributed by atoms with Crippen LogP contribution >= 0.6 is 0 Å². The molecule has 0 atom stereocenters. The third kappa shape index (κ3) is 4.11. The number of nitrogens with zero attached hydrogens (tertiary/aromatic N) is 5. The maximum Gasteiger partial charge on any atom is 0.0951 e. The van der Waals surface area contributed by atoms with Gasteiger partial charge in [-0.3, -0.25) is 9.58 Å². The van der Waals surface area contributed by atoms with E-state index >= 15 is 0 Å². The van der Waals surface area contributed by atoms with Crippen molar-refractivity contribution in [2.75, 3.05) is 7.05 Å². The summed E-state index contributed by atoms with van der Waals surface area (Å²) in [6, 6.07) is 10.9. The lowest BCUT2D eigenvalue weighted by Crippen LogP contribution is -2.19. The zero-order valence-corrected chi connectivity index (χ0v) is 14.6. The third-order valence-corrected chi connectivity index (χ3v) is 4.06. The molecule has 0 spiro atoms. The van der Waals surface area contributed by atoms with Crippen molar-refractivity contribution >= 4 is 0 Å². The number of hydrogen-bond donors (Lipinski definition) is 0. The summed E-state index contributed by atoms with van der Waals surface area (Å²) in [5, 5.41) is 4.41. The van der Waals surface area contributed by atoms with E-state index in [4.69, 9.17) is 0 Å². The molecule has 1 aromatic carbocycles. The molecule has 0 amide bonds. The van der Waals surface area contributed by atoms with Crippen molar-refractivity contribution < 1.29 is 0 Å². The lowest BCUT2D eigenvalue weighted by atomic mass is 10.2. The number of imidazole rings is 1. The summed E-state index contributed by atoms with van der Waals surface area (Å²) in [5.41, 5.74) is 3.75. The molecule has 0 bridgehead atoms. The molecular weight excluding hydrogens is 298 g/mol. The molecule has 5 nitrogen and oxygen atoms in total. The monoisotopic (exact) mass is 323 g/mol. The van der Waals surface area contributed by atoms with E-state index in [9.17, 15) is 0 Å². The summed E-state index contributed by atoms with van der Waals surface area (Å²) in [5.74, 6) is 0. The van der Waals surface area contributed by atoms with Crippen LogP contribution < -0.4 is 0 Å². The van der Waals surface area contributed by atoms with E-state index in [1.54, 1.807) is 0 Å². The van der Waals surface area contributed by atoms with Gasteiger partial charge in [0.1, 0.15) is 0 Å². The normalized spacial score (nSPS) is 11.5.